The number of aliphatic hydroxyl groups excluding tert-OH is 1. The number of carbonyl (C=O) groups excluding carboxylic acids is 4. The van der Waals surface area contributed by atoms with Crippen molar-refractivity contribution in [1.82, 2.24) is 0 Å². The van der Waals surface area contributed by atoms with E-state index in [1.807, 2.05) is 0 Å². The van der Waals surface area contributed by atoms with Gasteiger partial charge in [-0.2, -0.15) is 0 Å². The maximum Gasteiger partial charge on any atom is 0.472 e. The second kappa shape index (κ2) is 71.3. The van der Waals surface area contributed by atoms with Gasteiger partial charge in [0, 0.05) is 25.7 Å². The van der Waals surface area contributed by atoms with Crippen molar-refractivity contribution in [1.29, 1.82) is 0 Å². The van der Waals surface area contributed by atoms with Crippen molar-refractivity contribution in [2.24, 2.45) is 17.8 Å². The number of phosphoric ester groups is 2. The fourth-order valence-corrected chi connectivity index (χ4v) is 14.0. The Bertz CT molecular complexity index is 1940. The van der Waals surface area contributed by atoms with Crippen molar-refractivity contribution in [3.05, 3.63) is 0 Å². The Morgan fingerprint density at radius 1 is 0.290 bits per heavy atom. The molecule has 0 aromatic rings. The molecule has 3 N–H and O–H groups in total. The molecule has 0 aromatic heterocycles. The molecule has 6 atom stereocenters. The summed E-state index contributed by atoms with van der Waals surface area (Å²) in [6.45, 7) is 12.0. The standard InChI is InChI=1S/C81H158O17P2/c1-8-10-11-12-13-31-41-48-55-62-78(83)91-68-76(98-81(86)65-58-51-44-37-30-29-34-40-47-54-61-74(7)9-2)70-95-99(87,88)93-66-75(82)67-94-100(89,90)96-71-77(69-92-79(84)63-56-49-42-35-27-23-20-16-18-22-26-33-39-46-53-60-73(5)6)97-80(85)64-57-50-43-36-28-24-19-15-14-17-21-25-32-38-45-52-59-72(3)4/h72-77,82H,8-71H2,1-7H3,(H,87,88)(H,89,90)/t74?,75-,76+,77+/m0/s1. The molecular formula is C81H158O17P2. The fraction of sp³-hybridized carbons (Fsp3) is 0.951. The summed E-state index contributed by atoms with van der Waals surface area (Å²) < 4.78 is 68.7. The third-order valence-electron chi connectivity index (χ3n) is 19.2. The number of aliphatic hydroxyl groups is 1. The minimum absolute atomic E-state index is 0.106. The van der Waals surface area contributed by atoms with Gasteiger partial charge in [0.1, 0.15) is 19.3 Å². The molecule has 0 spiro atoms. The van der Waals surface area contributed by atoms with E-state index in [1.165, 1.54) is 231 Å². The van der Waals surface area contributed by atoms with Crippen LogP contribution in [0.25, 0.3) is 0 Å². The van der Waals surface area contributed by atoms with Gasteiger partial charge in [-0.15, -0.1) is 0 Å². The van der Waals surface area contributed by atoms with Gasteiger partial charge in [-0.1, -0.05) is 370 Å². The zero-order valence-electron chi connectivity index (χ0n) is 65.7. The van der Waals surface area contributed by atoms with Gasteiger partial charge in [-0.3, -0.25) is 37.3 Å². The first kappa shape index (κ1) is 98.1. The highest BCUT2D eigenvalue weighted by molar-refractivity contribution is 7.47. The first-order valence-electron chi connectivity index (χ1n) is 41.9. The molecule has 0 aliphatic heterocycles. The number of esters is 4. The second-order valence-electron chi connectivity index (χ2n) is 30.4. The van der Waals surface area contributed by atoms with Gasteiger partial charge < -0.3 is 33.8 Å². The van der Waals surface area contributed by atoms with E-state index in [0.717, 1.165) is 108 Å². The Morgan fingerprint density at radius 2 is 0.510 bits per heavy atom. The van der Waals surface area contributed by atoms with Crippen LogP contribution < -0.4 is 0 Å². The summed E-state index contributed by atoms with van der Waals surface area (Å²) in [7, 11) is -9.92. The van der Waals surface area contributed by atoms with E-state index >= 15 is 0 Å². The van der Waals surface area contributed by atoms with Crippen LogP contribution in [0.1, 0.15) is 421 Å². The number of rotatable bonds is 79. The van der Waals surface area contributed by atoms with Gasteiger partial charge in [0.15, 0.2) is 12.2 Å². The Hall–Kier alpha value is -1.94. The highest BCUT2D eigenvalue weighted by Gasteiger charge is 2.30. The Kier molecular flexibility index (Phi) is 69.9. The van der Waals surface area contributed by atoms with Crippen LogP contribution in [-0.2, 0) is 65.4 Å². The summed E-state index contributed by atoms with van der Waals surface area (Å²) in [5.41, 5.74) is 0. The molecule has 17 nitrogen and oxygen atoms in total. The molecule has 3 unspecified atom stereocenters. The van der Waals surface area contributed by atoms with Crippen molar-refractivity contribution in [3.8, 4) is 0 Å². The highest BCUT2D eigenvalue weighted by Crippen LogP contribution is 2.45. The summed E-state index contributed by atoms with van der Waals surface area (Å²) in [5.74, 6) is 0.307. The topological polar surface area (TPSA) is 237 Å². The zero-order chi connectivity index (χ0) is 73.7. The van der Waals surface area contributed by atoms with E-state index in [-0.39, 0.29) is 25.7 Å². The molecule has 0 rings (SSSR count). The molecule has 594 valence electrons. The van der Waals surface area contributed by atoms with Crippen LogP contribution in [0.15, 0.2) is 0 Å². The third kappa shape index (κ3) is 73.0. The van der Waals surface area contributed by atoms with Crippen molar-refractivity contribution < 1.29 is 80.2 Å². The minimum atomic E-state index is -4.96. The molecule has 0 heterocycles. The van der Waals surface area contributed by atoms with E-state index in [4.69, 9.17) is 37.0 Å². The van der Waals surface area contributed by atoms with Crippen molar-refractivity contribution >= 4 is 39.5 Å². The van der Waals surface area contributed by atoms with Crippen LogP contribution in [0.2, 0.25) is 0 Å². The van der Waals surface area contributed by atoms with Crippen molar-refractivity contribution in [2.45, 2.75) is 439 Å². The summed E-state index contributed by atoms with van der Waals surface area (Å²) in [6.07, 6.45) is 59.6. The average molecular weight is 1470 g/mol. The van der Waals surface area contributed by atoms with E-state index in [2.05, 4.69) is 48.5 Å². The molecule has 0 radical (unpaired) electrons. The fourth-order valence-electron chi connectivity index (χ4n) is 12.5. The van der Waals surface area contributed by atoms with Crippen LogP contribution >= 0.6 is 15.6 Å². The first-order chi connectivity index (χ1) is 48.3. The van der Waals surface area contributed by atoms with E-state index in [1.54, 1.807) is 0 Å². The normalized spacial score (nSPS) is 14.2. The first-order valence-corrected chi connectivity index (χ1v) is 44.9. The van der Waals surface area contributed by atoms with Crippen molar-refractivity contribution in [2.75, 3.05) is 39.6 Å². The van der Waals surface area contributed by atoms with E-state index in [9.17, 15) is 43.2 Å². The minimum Gasteiger partial charge on any atom is -0.462 e. The van der Waals surface area contributed by atoms with Crippen LogP contribution in [-0.4, -0.2) is 96.7 Å². The monoisotopic (exact) mass is 1470 g/mol. The Morgan fingerprint density at radius 3 is 0.760 bits per heavy atom. The molecule has 0 bridgehead atoms. The maximum atomic E-state index is 13.1. The maximum absolute atomic E-state index is 13.1. The van der Waals surface area contributed by atoms with Crippen LogP contribution in [0, 0.1) is 17.8 Å². The molecular weight excluding hydrogens is 1310 g/mol. The number of hydrogen-bond donors (Lipinski definition) is 3. The Labute approximate surface area is 613 Å². The van der Waals surface area contributed by atoms with Gasteiger partial charge in [-0.25, -0.2) is 9.13 Å². The van der Waals surface area contributed by atoms with E-state index in [0.29, 0.717) is 25.7 Å². The lowest BCUT2D eigenvalue weighted by Gasteiger charge is -2.21. The molecule has 0 amide bonds. The predicted octanol–water partition coefficient (Wildman–Crippen LogP) is 24.1. The van der Waals surface area contributed by atoms with Crippen LogP contribution in [0.3, 0.4) is 0 Å². The molecule has 19 heteroatoms. The largest absolute Gasteiger partial charge is 0.472 e. The molecule has 0 fully saturated rings. The van der Waals surface area contributed by atoms with Gasteiger partial charge in [0.25, 0.3) is 0 Å². The number of unbranched alkanes of at least 4 members (excludes halogenated alkanes) is 46. The molecule has 0 aliphatic carbocycles. The molecule has 100 heavy (non-hydrogen) atoms. The van der Waals surface area contributed by atoms with Gasteiger partial charge in [-0.05, 0) is 43.4 Å². The quantitative estimate of drug-likeness (QED) is 0.0222. The summed E-state index contributed by atoms with van der Waals surface area (Å²) in [5, 5.41) is 10.6. The SMILES string of the molecule is CCCCCCCCCCCC(=O)OC[C@H](COP(=O)(O)OC[C@H](O)COP(=O)(O)OC[C@@H](COC(=O)CCCCCCCCCCCCCCCCCC(C)C)OC(=O)CCCCCCCCCCCCCCCCCCC(C)C)OC(=O)CCCCCCCCCCCCC(C)CC. The highest BCUT2D eigenvalue weighted by atomic mass is 31.2. The molecule has 0 aliphatic rings. The average Bonchev–Trinajstić information content (AvgIpc) is 1.03. The lowest BCUT2D eigenvalue weighted by molar-refractivity contribution is -0.161. The van der Waals surface area contributed by atoms with Gasteiger partial charge >= 0.3 is 39.5 Å². The molecule has 0 saturated heterocycles. The number of phosphoric acid groups is 2. The molecule has 0 saturated carbocycles. The smallest absolute Gasteiger partial charge is 0.462 e. The second-order valence-corrected chi connectivity index (χ2v) is 33.3. The number of carbonyl (C=O) groups is 4. The number of ether oxygens (including phenoxy) is 4. The predicted molar refractivity (Wildman–Crippen MR) is 409 cm³/mol. The van der Waals surface area contributed by atoms with Crippen LogP contribution in [0.5, 0.6) is 0 Å². The van der Waals surface area contributed by atoms with Crippen LogP contribution in [0.4, 0.5) is 0 Å². The summed E-state index contributed by atoms with van der Waals surface area (Å²) >= 11 is 0. The summed E-state index contributed by atoms with van der Waals surface area (Å²) in [4.78, 5) is 73.0. The Balaban J connectivity index is 5.23. The lowest BCUT2D eigenvalue weighted by Crippen LogP contribution is -2.30. The van der Waals surface area contributed by atoms with E-state index < -0.39 is 97.5 Å². The lowest BCUT2D eigenvalue weighted by atomic mass is 9.99. The zero-order valence-corrected chi connectivity index (χ0v) is 67.5. The molecule has 0 aromatic carbocycles. The summed E-state index contributed by atoms with van der Waals surface area (Å²) in [6, 6.07) is 0. The van der Waals surface area contributed by atoms with Crippen molar-refractivity contribution in [3.63, 3.8) is 0 Å². The third-order valence-corrected chi connectivity index (χ3v) is 21.1. The van der Waals surface area contributed by atoms with Gasteiger partial charge in [0.2, 0.25) is 0 Å². The van der Waals surface area contributed by atoms with Gasteiger partial charge in [0.05, 0.1) is 26.4 Å². The number of hydrogen-bond acceptors (Lipinski definition) is 15.